The van der Waals surface area contributed by atoms with Gasteiger partial charge in [-0.2, -0.15) is 5.26 Å². The Bertz CT molecular complexity index is 2100. The molecular formula is C43H49ClN4O9. The van der Waals surface area contributed by atoms with Crippen molar-refractivity contribution in [1.29, 1.82) is 5.26 Å². The van der Waals surface area contributed by atoms with Crippen LogP contribution in [0.15, 0.2) is 67.0 Å². The minimum Gasteiger partial charge on any atom is -0.493 e. The first kappa shape index (κ1) is 42.9. The lowest BCUT2D eigenvalue weighted by Gasteiger charge is -2.37. The lowest BCUT2D eigenvalue weighted by Crippen LogP contribution is -2.52. The third-order valence-electron chi connectivity index (χ3n) is 10.7. The van der Waals surface area contributed by atoms with Gasteiger partial charge in [0.15, 0.2) is 0 Å². The number of rotatable bonds is 19. The number of carbonyl (C=O) groups is 2. The van der Waals surface area contributed by atoms with Crippen LogP contribution < -0.4 is 19.5 Å². The Labute approximate surface area is 337 Å². The summed E-state index contributed by atoms with van der Waals surface area (Å²) in [5, 5.41) is 51.1. The SMILES string of the molecule is Cc1c(COc2cc(OCc3cncc(C#N)c3)c(CNC(C)(CO)C(=O)O)cc2Cl)cccc1-c1cccc(OCCCN2CCC(CO)(C(=O)O)CC2)c1C. The van der Waals surface area contributed by atoms with E-state index in [1.54, 1.807) is 24.4 Å². The molecule has 302 valence electrons. The van der Waals surface area contributed by atoms with E-state index in [2.05, 4.69) is 33.4 Å². The number of ether oxygens (including phenoxy) is 3. The molecule has 0 saturated carbocycles. The quantitative estimate of drug-likeness (QED) is 0.0705. The van der Waals surface area contributed by atoms with Gasteiger partial charge in [-0.3, -0.25) is 19.9 Å². The maximum Gasteiger partial charge on any atom is 0.326 e. The smallest absolute Gasteiger partial charge is 0.326 e. The van der Waals surface area contributed by atoms with Crippen molar-refractivity contribution in [2.45, 2.75) is 65.3 Å². The molecule has 0 spiro atoms. The van der Waals surface area contributed by atoms with E-state index in [0.29, 0.717) is 60.7 Å². The van der Waals surface area contributed by atoms with Crippen molar-refractivity contribution in [2.24, 2.45) is 5.41 Å². The summed E-state index contributed by atoms with van der Waals surface area (Å²) in [6.07, 6.45) is 4.67. The number of piperidine rings is 1. The lowest BCUT2D eigenvalue weighted by molar-refractivity contribution is -0.155. The Morgan fingerprint density at radius 3 is 2.30 bits per heavy atom. The normalized spacial score (nSPS) is 15.0. The van der Waals surface area contributed by atoms with Crippen molar-refractivity contribution in [3.8, 4) is 34.4 Å². The van der Waals surface area contributed by atoms with E-state index in [9.17, 15) is 35.3 Å². The molecule has 1 unspecified atom stereocenters. The average molecular weight is 801 g/mol. The van der Waals surface area contributed by atoms with E-state index >= 15 is 0 Å². The maximum atomic E-state index is 11.8. The number of aromatic nitrogens is 1. The number of carboxylic acids is 2. The van der Waals surface area contributed by atoms with Crippen molar-refractivity contribution in [1.82, 2.24) is 15.2 Å². The molecule has 14 heteroatoms. The van der Waals surface area contributed by atoms with Gasteiger partial charge < -0.3 is 39.5 Å². The number of halogens is 1. The molecule has 57 heavy (non-hydrogen) atoms. The predicted octanol–water partition coefficient (Wildman–Crippen LogP) is 5.90. The molecule has 0 bridgehead atoms. The molecule has 1 aliphatic heterocycles. The van der Waals surface area contributed by atoms with Crippen molar-refractivity contribution in [2.75, 3.05) is 39.5 Å². The van der Waals surface area contributed by atoms with Gasteiger partial charge in [0.25, 0.3) is 0 Å². The monoisotopic (exact) mass is 800 g/mol. The van der Waals surface area contributed by atoms with Gasteiger partial charge in [0, 0.05) is 42.7 Å². The van der Waals surface area contributed by atoms with Crippen LogP contribution in [0.3, 0.4) is 0 Å². The number of pyridine rings is 1. The van der Waals surface area contributed by atoms with Gasteiger partial charge in [-0.25, -0.2) is 0 Å². The Kier molecular flexibility index (Phi) is 14.5. The van der Waals surface area contributed by atoms with Crippen molar-refractivity contribution >= 4 is 23.5 Å². The van der Waals surface area contributed by atoms with Crippen molar-refractivity contribution in [3.05, 3.63) is 105 Å². The Morgan fingerprint density at radius 2 is 1.63 bits per heavy atom. The minimum absolute atomic E-state index is 0.0114. The Hall–Kier alpha value is -5.23. The van der Waals surface area contributed by atoms with Crippen LogP contribution in [-0.2, 0) is 29.3 Å². The first-order chi connectivity index (χ1) is 27.3. The predicted molar refractivity (Wildman–Crippen MR) is 213 cm³/mol. The van der Waals surface area contributed by atoms with Crippen molar-refractivity contribution < 1.29 is 44.2 Å². The van der Waals surface area contributed by atoms with Gasteiger partial charge >= 0.3 is 11.9 Å². The third-order valence-corrected chi connectivity index (χ3v) is 11.0. The fourth-order valence-corrected chi connectivity index (χ4v) is 6.94. The van der Waals surface area contributed by atoms with Gasteiger partial charge in [0.05, 0.1) is 35.8 Å². The van der Waals surface area contributed by atoms with Crippen LogP contribution in [0.4, 0.5) is 0 Å². The summed E-state index contributed by atoms with van der Waals surface area (Å²) in [5.74, 6) is -0.654. The number of nitrogens with zero attached hydrogens (tertiary/aromatic N) is 3. The number of hydrogen-bond donors (Lipinski definition) is 5. The number of likely N-dealkylation sites (tertiary alicyclic amines) is 1. The van der Waals surface area contributed by atoms with E-state index in [0.717, 1.165) is 46.5 Å². The number of carboxylic acid groups (broad SMARTS) is 2. The zero-order valence-electron chi connectivity index (χ0n) is 32.4. The molecule has 0 aliphatic carbocycles. The van der Waals surface area contributed by atoms with Gasteiger partial charge in [0.2, 0.25) is 0 Å². The third kappa shape index (κ3) is 10.4. The fourth-order valence-electron chi connectivity index (χ4n) is 6.70. The first-order valence-electron chi connectivity index (χ1n) is 18.7. The molecule has 4 aromatic rings. The zero-order valence-corrected chi connectivity index (χ0v) is 33.1. The van der Waals surface area contributed by atoms with E-state index in [4.69, 9.17) is 25.8 Å². The molecule has 0 amide bonds. The molecule has 0 radical (unpaired) electrons. The number of nitrogens with one attached hydrogen (secondary N) is 1. The van der Waals surface area contributed by atoms with Crippen LogP contribution in [0.2, 0.25) is 5.02 Å². The number of benzene rings is 3. The van der Waals surface area contributed by atoms with Gasteiger partial charge in [0.1, 0.15) is 42.1 Å². The highest BCUT2D eigenvalue weighted by Crippen LogP contribution is 2.37. The first-order valence-corrected chi connectivity index (χ1v) is 19.1. The standard InChI is InChI=1S/C43H49ClN4O9/c1-28-32(7-4-8-34(28)35-9-5-10-37(29(35)2)55-16-6-13-48-14-11-43(27-50,12-15-48)41(53)54)25-57-39-19-38(56-24-31-17-30(20-45)21-46-22-31)33(18-36(39)44)23-47-42(3,26-49)40(51)52/h4-5,7-10,17-19,21-22,47,49-50H,6,11-16,23-27H2,1-3H3,(H,51,52)(H,53,54). The Balaban J connectivity index is 1.27. The van der Waals surface area contributed by atoms with E-state index in [1.807, 2.05) is 38.1 Å². The van der Waals surface area contributed by atoms with Gasteiger partial charge in [-0.05, 0) is 99.1 Å². The molecule has 3 aromatic carbocycles. The summed E-state index contributed by atoms with van der Waals surface area (Å²) in [5.41, 5.74) is 3.90. The molecule has 1 atom stereocenters. The van der Waals surface area contributed by atoms with E-state index in [1.165, 1.54) is 13.1 Å². The molecule has 2 heterocycles. The van der Waals surface area contributed by atoms with Crippen LogP contribution in [-0.4, -0.2) is 87.2 Å². The molecule has 1 aromatic heterocycles. The average Bonchev–Trinajstić information content (AvgIpc) is 3.21. The Morgan fingerprint density at radius 1 is 0.930 bits per heavy atom. The summed E-state index contributed by atoms with van der Waals surface area (Å²) in [6, 6.07) is 19.0. The molecule has 1 saturated heterocycles. The molecule has 1 aliphatic rings. The summed E-state index contributed by atoms with van der Waals surface area (Å²) in [7, 11) is 0. The highest BCUT2D eigenvalue weighted by molar-refractivity contribution is 6.32. The lowest BCUT2D eigenvalue weighted by atomic mass is 9.79. The van der Waals surface area contributed by atoms with Gasteiger partial charge in [-0.15, -0.1) is 0 Å². The number of aliphatic hydroxyl groups is 2. The second-order valence-corrected chi connectivity index (χ2v) is 15.0. The van der Waals surface area contributed by atoms with Crippen LogP contribution in [0.25, 0.3) is 11.1 Å². The van der Waals surface area contributed by atoms with Crippen LogP contribution in [0.1, 0.15) is 59.6 Å². The summed E-state index contributed by atoms with van der Waals surface area (Å²) < 4.78 is 18.7. The van der Waals surface area contributed by atoms with E-state index < -0.39 is 29.5 Å². The number of hydrogen-bond acceptors (Lipinski definition) is 11. The number of aliphatic hydroxyl groups excluding tert-OH is 2. The molecule has 5 N–H and O–H groups in total. The zero-order chi connectivity index (χ0) is 41.2. The van der Waals surface area contributed by atoms with Crippen LogP contribution >= 0.6 is 11.6 Å². The molecule has 5 rings (SSSR count). The maximum absolute atomic E-state index is 11.8. The summed E-state index contributed by atoms with van der Waals surface area (Å²) >= 11 is 6.73. The molecular weight excluding hydrogens is 752 g/mol. The minimum atomic E-state index is -1.61. The topological polar surface area (TPSA) is 195 Å². The highest BCUT2D eigenvalue weighted by atomic mass is 35.5. The fraction of sp³-hybridized carbons (Fsp3) is 0.395. The summed E-state index contributed by atoms with van der Waals surface area (Å²) in [4.78, 5) is 29.8. The van der Waals surface area contributed by atoms with Crippen LogP contribution in [0, 0.1) is 30.6 Å². The number of nitriles is 1. The molecule has 13 nitrogen and oxygen atoms in total. The van der Waals surface area contributed by atoms with E-state index in [-0.39, 0.29) is 31.4 Å². The van der Waals surface area contributed by atoms with Gasteiger partial charge in [-0.1, -0.05) is 41.9 Å². The second kappa shape index (κ2) is 19.3. The summed E-state index contributed by atoms with van der Waals surface area (Å²) in [6.45, 7) is 7.25. The van der Waals surface area contributed by atoms with Crippen LogP contribution in [0.5, 0.6) is 17.2 Å². The molecule has 1 fully saturated rings. The number of aliphatic carboxylic acids is 2. The second-order valence-electron chi connectivity index (χ2n) is 14.6. The highest BCUT2D eigenvalue weighted by Gasteiger charge is 2.41. The van der Waals surface area contributed by atoms with Crippen molar-refractivity contribution in [3.63, 3.8) is 0 Å². The largest absolute Gasteiger partial charge is 0.493 e.